The number of methoxy groups -OCH3 is 3. The zero-order valence-electron chi connectivity index (χ0n) is 34.5. The molecule has 1 fully saturated rings. The number of aromatic amines is 1. The van der Waals surface area contributed by atoms with Crippen molar-refractivity contribution in [1.29, 1.82) is 5.26 Å². The second-order valence-electron chi connectivity index (χ2n) is 14.4. The lowest BCUT2D eigenvalue weighted by Gasteiger charge is -2.39. The number of nitrogens with zero attached hydrogens (tertiary/aromatic N) is 5. The highest BCUT2D eigenvalue weighted by molar-refractivity contribution is 7.44. The third-order valence-corrected chi connectivity index (χ3v) is 12.2. The molecule has 5 aromatic rings. The fraction of sp³-hybridized carbons (Fsp3) is 0.442. The lowest BCUT2D eigenvalue weighted by Crippen LogP contribution is -2.43. The van der Waals surface area contributed by atoms with Crippen LogP contribution < -0.4 is 15.0 Å². The first kappa shape index (κ1) is 43.8. The Labute approximate surface area is 346 Å². The molecule has 0 amide bonds. The van der Waals surface area contributed by atoms with E-state index in [0.29, 0.717) is 23.8 Å². The quantitative estimate of drug-likeness (QED) is 0.0471. The molecule has 5 atom stereocenters. The van der Waals surface area contributed by atoms with Crippen molar-refractivity contribution in [3.8, 4) is 17.6 Å². The van der Waals surface area contributed by atoms with Gasteiger partial charge in [0.15, 0.2) is 17.4 Å². The molecule has 3 aromatic carbocycles. The molecular weight excluding hydrogens is 775 g/mol. The van der Waals surface area contributed by atoms with E-state index in [4.69, 9.17) is 37.5 Å². The Hall–Kier alpha value is -4.75. The van der Waals surface area contributed by atoms with Crippen molar-refractivity contribution in [3.05, 3.63) is 119 Å². The number of ether oxygens (including phenoxy) is 6. The van der Waals surface area contributed by atoms with Crippen molar-refractivity contribution in [2.75, 3.05) is 47.8 Å². The van der Waals surface area contributed by atoms with Crippen molar-refractivity contribution in [3.63, 3.8) is 0 Å². The predicted molar refractivity (Wildman–Crippen MR) is 222 cm³/mol. The molecule has 0 saturated carbocycles. The van der Waals surface area contributed by atoms with Crippen LogP contribution in [-0.4, -0.2) is 102 Å². The number of imidazole rings is 1. The smallest absolute Gasteiger partial charge is 0.278 e. The van der Waals surface area contributed by atoms with E-state index in [9.17, 15) is 10.1 Å². The van der Waals surface area contributed by atoms with Crippen LogP contribution in [0.25, 0.3) is 11.2 Å². The van der Waals surface area contributed by atoms with Crippen LogP contribution in [-0.2, 0) is 33.6 Å². The fourth-order valence-corrected chi connectivity index (χ4v) is 9.14. The number of nitriles is 1. The van der Waals surface area contributed by atoms with E-state index in [2.05, 4.69) is 53.4 Å². The second kappa shape index (κ2) is 20.5. The number of H-pyrrole nitrogens is 1. The van der Waals surface area contributed by atoms with Gasteiger partial charge in [-0.3, -0.25) is 9.36 Å². The number of rotatable bonds is 21. The van der Waals surface area contributed by atoms with Gasteiger partial charge in [-0.1, -0.05) is 54.6 Å². The molecule has 2 unspecified atom stereocenters. The molecule has 15 nitrogen and oxygen atoms in total. The van der Waals surface area contributed by atoms with Crippen LogP contribution in [0.1, 0.15) is 57.0 Å². The molecule has 1 aliphatic rings. The average Bonchev–Trinajstić information content (AvgIpc) is 3.83. The molecule has 0 spiro atoms. The fourth-order valence-electron chi connectivity index (χ4n) is 7.37. The maximum absolute atomic E-state index is 12.8. The number of aromatic nitrogens is 4. The zero-order chi connectivity index (χ0) is 41.9. The van der Waals surface area contributed by atoms with Crippen LogP contribution in [0.3, 0.4) is 0 Å². The van der Waals surface area contributed by atoms with Crippen LogP contribution in [0.5, 0.6) is 11.5 Å². The maximum atomic E-state index is 12.8. The van der Waals surface area contributed by atoms with Crippen molar-refractivity contribution < 1.29 is 37.5 Å². The predicted octanol–water partition coefficient (Wildman–Crippen LogP) is 6.74. The molecule has 2 aromatic heterocycles. The van der Waals surface area contributed by atoms with Gasteiger partial charge in [0, 0.05) is 19.2 Å². The van der Waals surface area contributed by atoms with Crippen LogP contribution in [0, 0.1) is 11.3 Å². The van der Waals surface area contributed by atoms with Crippen molar-refractivity contribution in [2.24, 2.45) is 0 Å². The number of fused-ring (bicyclic) bond motifs is 1. The minimum absolute atomic E-state index is 0.0103. The summed E-state index contributed by atoms with van der Waals surface area (Å²) >= 11 is 0. The molecule has 0 aliphatic carbocycles. The maximum Gasteiger partial charge on any atom is 0.278 e. The van der Waals surface area contributed by atoms with Crippen LogP contribution in [0.4, 0.5) is 0 Å². The number of hydrogen-bond donors (Lipinski definition) is 1. The average molecular weight is 829 g/mol. The zero-order valence-corrected chi connectivity index (χ0v) is 35.4. The summed E-state index contributed by atoms with van der Waals surface area (Å²) in [6.45, 7) is 8.95. The minimum atomic E-state index is -1.78. The van der Waals surface area contributed by atoms with Gasteiger partial charge in [-0.15, -0.1) is 0 Å². The van der Waals surface area contributed by atoms with Gasteiger partial charge in [-0.05, 0) is 68.7 Å². The van der Waals surface area contributed by atoms with Crippen LogP contribution >= 0.6 is 8.53 Å². The highest BCUT2D eigenvalue weighted by atomic mass is 31.2. The Morgan fingerprint density at radius 3 is 2.07 bits per heavy atom. The lowest BCUT2D eigenvalue weighted by atomic mass is 9.80. The van der Waals surface area contributed by atoms with E-state index in [1.807, 2.05) is 78.9 Å². The Bertz CT molecular complexity index is 2110. The highest BCUT2D eigenvalue weighted by Gasteiger charge is 2.51. The molecule has 314 valence electrons. The molecule has 0 bridgehead atoms. The molecule has 1 aliphatic heterocycles. The summed E-state index contributed by atoms with van der Waals surface area (Å²) in [5, 5.41) is 9.46. The summed E-state index contributed by atoms with van der Waals surface area (Å²) in [5.41, 5.74) is 1.45. The van der Waals surface area contributed by atoms with Crippen LogP contribution in [0.2, 0.25) is 0 Å². The van der Waals surface area contributed by atoms with Gasteiger partial charge in [-0.2, -0.15) is 5.26 Å². The SMILES string of the molecule is COCCOC1[C@@H](OP(OCCC#N)N(C(C)C)C(C)C)[C@@H](COC(c2ccccc2)(c2ccc(OC)cc2)c2ccc(OC)cc2)O[C@H]1n1cnc2c(=O)[nH]cnc21. The number of hydrogen-bond acceptors (Lipinski definition) is 13. The first-order valence-electron chi connectivity index (χ1n) is 19.6. The Balaban J connectivity index is 1.50. The van der Waals surface area contributed by atoms with Crippen LogP contribution in [0.15, 0.2) is 96.3 Å². The topological polar surface area (TPSA) is 164 Å². The summed E-state index contributed by atoms with van der Waals surface area (Å²) in [6.07, 6.45) is -0.246. The Morgan fingerprint density at radius 1 is 0.864 bits per heavy atom. The second-order valence-corrected chi connectivity index (χ2v) is 15.8. The summed E-state index contributed by atoms with van der Waals surface area (Å²) in [4.78, 5) is 24.3. The van der Waals surface area contributed by atoms with Crippen molar-refractivity contribution in [1.82, 2.24) is 24.2 Å². The number of nitrogens with one attached hydrogen (secondary N) is 1. The van der Waals surface area contributed by atoms with Gasteiger partial charge in [0.2, 0.25) is 0 Å². The monoisotopic (exact) mass is 828 g/mol. The Morgan fingerprint density at radius 2 is 1.49 bits per heavy atom. The molecule has 6 rings (SSSR count). The first-order chi connectivity index (χ1) is 28.7. The van der Waals surface area contributed by atoms with Gasteiger partial charge in [0.05, 0.1) is 65.8 Å². The van der Waals surface area contributed by atoms with Gasteiger partial charge in [0.25, 0.3) is 14.1 Å². The summed E-state index contributed by atoms with van der Waals surface area (Å²) in [5.74, 6) is 1.39. The van der Waals surface area contributed by atoms with E-state index >= 15 is 0 Å². The lowest BCUT2D eigenvalue weighted by molar-refractivity contribution is -0.0966. The van der Waals surface area contributed by atoms with E-state index in [0.717, 1.165) is 16.7 Å². The third-order valence-electron chi connectivity index (χ3n) is 10.0. The molecule has 59 heavy (non-hydrogen) atoms. The van der Waals surface area contributed by atoms with Gasteiger partial charge >= 0.3 is 0 Å². The largest absolute Gasteiger partial charge is 0.497 e. The molecule has 16 heteroatoms. The van der Waals surface area contributed by atoms with E-state index in [1.54, 1.807) is 25.9 Å². The van der Waals surface area contributed by atoms with Crippen molar-refractivity contribution >= 4 is 19.7 Å². The molecule has 1 N–H and O–H groups in total. The standard InChI is InChI=1S/C43H53N6O9P/c1-29(2)49(30(3)4)59(56-23-11-22-44)58-38-36(57-42(39(38)54-25-24-51-5)48-28-47-37-40(48)45-27-46-41(37)50)26-55-43(31-12-9-8-10-13-31,32-14-18-34(52-6)19-15-32)33-16-20-35(53-7)21-17-33/h8-10,12-21,27-30,36,38-39,42H,11,23-26H2,1-7H3,(H,45,46,50)/t36-,38+,39?,42-,59?/m1/s1. The highest BCUT2D eigenvalue weighted by Crippen LogP contribution is 2.51. The number of benzene rings is 3. The van der Waals surface area contributed by atoms with E-state index < -0.39 is 38.7 Å². The summed E-state index contributed by atoms with van der Waals surface area (Å²) in [7, 11) is 3.08. The van der Waals surface area contributed by atoms with Gasteiger partial charge < -0.3 is 42.5 Å². The Kier molecular flexibility index (Phi) is 15.2. The van der Waals surface area contributed by atoms with Gasteiger partial charge in [-0.25, -0.2) is 14.6 Å². The summed E-state index contributed by atoms with van der Waals surface area (Å²) < 4.78 is 55.0. The van der Waals surface area contributed by atoms with Gasteiger partial charge in [0.1, 0.15) is 35.4 Å². The van der Waals surface area contributed by atoms with Crippen molar-refractivity contribution in [2.45, 2.75) is 76.3 Å². The third kappa shape index (κ3) is 9.67. The summed E-state index contributed by atoms with van der Waals surface area (Å²) in [6, 6.07) is 27.8. The van der Waals surface area contributed by atoms with E-state index in [1.165, 1.54) is 12.7 Å². The first-order valence-corrected chi connectivity index (χ1v) is 20.7. The molecular formula is C43H53N6O9P. The normalized spacial score (nSPS) is 18.8. The molecule has 0 radical (unpaired) electrons. The van der Waals surface area contributed by atoms with E-state index in [-0.39, 0.29) is 49.4 Å². The molecule has 1 saturated heterocycles. The molecule has 3 heterocycles. The minimum Gasteiger partial charge on any atom is -0.497 e.